The van der Waals surface area contributed by atoms with Crippen LogP contribution in [0.3, 0.4) is 0 Å². The summed E-state index contributed by atoms with van der Waals surface area (Å²) in [4.78, 5) is 16.3. The van der Waals surface area contributed by atoms with E-state index >= 15 is 0 Å². The van der Waals surface area contributed by atoms with Crippen LogP contribution in [0.2, 0.25) is 5.02 Å². The molecular weight excluding hydrogens is 348 g/mol. The maximum Gasteiger partial charge on any atom is 0.226 e. The molecule has 0 radical (unpaired) electrons. The van der Waals surface area contributed by atoms with Crippen LogP contribution >= 0.6 is 11.6 Å². The summed E-state index contributed by atoms with van der Waals surface area (Å²) in [6.45, 7) is 2.18. The molecule has 2 aromatic rings. The fourth-order valence-corrected chi connectivity index (χ4v) is 3.25. The summed E-state index contributed by atoms with van der Waals surface area (Å²) in [6.07, 6.45) is 3.73. The average molecular weight is 371 g/mol. The lowest BCUT2D eigenvalue weighted by atomic mass is 10.1. The van der Waals surface area contributed by atoms with Gasteiger partial charge in [-0.25, -0.2) is 0 Å². The van der Waals surface area contributed by atoms with E-state index in [1.165, 1.54) is 17.5 Å². The van der Waals surface area contributed by atoms with Crippen LogP contribution in [0.1, 0.15) is 29.5 Å². The SMILES string of the molecule is Cc1c(Cl)cccc1NC(=O)CCN=C(N)Nc1ccc2c(c1)CCC2. The first kappa shape index (κ1) is 18.3. The number of aryl methyl sites for hydroxylation is 2. The first-order chi connectivity index (χ1) is 12.5. The molecule has 0 aromatic heterocycles. The molecule has 0 bridgehead atoms. The van der Waals surface area contributed by atoms with E-state index in [4.69, 9.17) is 17.3 Å². The molecule has 0 heterocycles. The number of carbonyl (C=O) groups is 1. The molecule has 2 aromatic carbocycles. The molecule has 0 saturated heterocycles. The summed E-state index contributed by atoms with van der Waals surface area (Å²) >= 11 is 6.06. The van der Waals surface area contributed by atoms with Gasteiger partial charge in [0, 0.05) is 22.8 Å². The fourth-order valence-electron chi connectivity index (χ4n) is 3.07. The molecule has 136 valence electrons. The largest absolute Gasteiger partial charge is 0.370 e. The van der Waals surface area contributed by atoms with Gasteiger partial charge in [0.1, 0.15) is 0 Å². The van der Waals surface area contributed by atoms with Crippen LogP contribution in [0.4, 0.5) is 11.4 Å². The monoisotopic (exact) mass is 370 g/mol. The number of guanidine groups is 1. The minimum absolute atomic E-state index is 0.121. The molecule has 1 amide bonds. The third-order valence-electron chi connectivity index (χ3n) is 4.53. The van der Waals surface area contributed by atoms with Crippen LogP contribution in [0.5, 0.6) is 0 Å². The number of amides is 1. The molecule has 5 nitrogen and oxygen atoms in total. The van der Waals surface area contributed by atoms with Gasteiger partial charge in [0.05, 0.1) is 6.54 Å². The molecule has 6 heteroatoms. The maximum atomic E-state index is 12.1. The molecule has 3 rings (SSSR count). The van der Waals surface area contributed by atoms with E-state index in [0.29, 0.717) is 17.5 Å². The van der Waals surface area contributed by atoms with Crippen LogP contribution in [0, 0.1) is 6.92 Å². The highest BCUT2D eigenvalue weighted by Crippen LogP contribution is 2.25. The molecule has 0 saturated carbocycles. The number of rotatable bonds is 5. The fraction of sp³-hybridized carbons (Fsp3) is 0.300. The second-order valence-electron chi connectivity index (χ2n) is 6.44. The Labute approximate surface area is 158 Å². The Bertz CT molecular complexity index is 848. The Kier molecular flexibility index (Phi) is 5.78. The van der Waals surface area contributed by atoms with Crippen LogP contribution in [0.25, 0.3) is 0 Å². The van der Waals surface area contributed by atoms with E-state index in [-0.39, 0.29) is 12.3 Å². The second kappa shape index (κ2) is 8.23. The normalized spacial score (nSPS) is 13.4. The zero-order chi connectivity index (χ0) is 18.5. The van der Waals surface area contributed by atoms with E-state index in [2.05, 4.69) is 27.8 Å². The van der Waals surface area contributed by atoms with E-state index in [1.54, 1.807) is 6.07 Å². The standard InChI is InChI=1S/C20H23ClN4O/c1-13-17(21)6-3-7-18(13)25-19(26)10-11-23-20(22)24-16-9-8-14-4-2-5-15(14)12-16/h3,6-9,12H,2,4-5,10-11H2,1H3,(H,25,26)(H3,22,23,24). The first-order valence-corrected chi connectivity index (χ1v) is 9.14. The van der Waals surface area contributed by atoms with Gasteiger partial charge < -0.3 is 16.4 Å². The van der Waals surface area contributed by atoms with Gasteiger partial charge in [-0.2, -0.15) is 0 Å². The van der Waals surface area contributed by atoms with Gasteiger partial charge >= 0.3 is 0 Å². The first-order valence-electron chi connectivity index (χ1n) is 8.76. The smallest absolute Gasteiger partial charge is 0.226 e. The van der Waals surface area contributed by atoms with Gasteiger partial charge in [0.15, 0.2) is 5.96 Å². The van der Waals surface area contributed by atoms with Crippen molar-refractivity contribution in [1.29, 1.82) is 0 Å². The summed E-state index contributed by atoms with van der Waals surface area (Å²) in [5.74, 6) is 0.194. The maximum absolute atomic E-state index is 12.1. The van der Waals surface area contributed by atoms with Crippen molar-refractivity contribution in [1.82, 2.24) is 0 Å². The summed E-state index contributed by atoms with van der Waals surface area (Å²) in [5, 5.41) is 6.57. The van der Waals surface area contributed by atoms with E-state index in [0.717, 1.165) is 29.8 Å². The van der Waals surface area contributed by atoms with Gasteiger partial charge in [-0.3, -0.25) is 9.79 Å². The van der Waals surface area contributed by atoms with E-state index < -0.39 is 0 Å². The lowest BCUT2D eigenvalue weighted by Gasteiger charge is -2.09. The molecule has 0 unspecified atom stereocenters. The quantitative estimate of drug-likeness (QED) is 0.551. The number of nitrogens with one attached hydrogen (secondary N) is 2. The Morgan fingerprint density at radius 2 is 2.00 bits per heavy atom. The Hall–Kier alpha value is -2.53. The Balaban J connectivity index is 1.50. The third-order valence-corrected chi connectivity index (χ3v) is 4.94. The third kappa shape index (κ3) is 4.55. The molecular formula is C20H23ClN4O. The zero-order valence-corrected chi connectivity index (χ0v) is 15.6. The van der Waals surface area contributed by atoms with Gasteiger partial charge in [0.25, 0.3) is 0 Å². The van der Waals surface area contributed by atoms with Crippen molar-refractivity contribution >= 4 is 34.8 Å². The predicted octanol–water partition coefficient (Wildman–Crippen LogP) is 3.89. The second-order valence-corrected chi connectivity index (χ2v) is 6.85. The van der Waals surface area contributed by atoms with Crippen LogP contribution in [0.15, 0.2) is 41.4 Å². The van der Waals surface area contributed by atoms with Crippen molar-refractivity contribution in [3.8, 4) is 0 Å². The Morgan fingerprint density at radius 1 is 1.19 bits per heavy atom. The van der Waals surface area contributed by atoms with Crippen molar-refractivity contribution in [2.45, 2.75) is 32.6 Å². The average Bonchev–Trinajstić information content (AvgIpc) is 3.06. The van der Waals surface area contributed by atoms with Crippen molar-refractivity contribution in [3.63, 3.8) is 0 Å². The van der Waals surface area contributed by atoms with Crippen LogP contribution in [-0.4, -0.2) is 18.4 Å². The summed E-state index contributed by atoms with van der Waals surface area (Å²) < 4.78 is 0. The lowest BCUT2D eigenvalue weighted by molar-refractivity contribution is -0.116. The molecule has 0 aliphatic heterocycles. The number of nitrogens with zero attached hydrogens (tertiary/aromatic N) is 1. The highest BCUT2D eigenvalue weighted by Gasteiger charge is 2.11. The topological polar surface area (TPSA) is 79.5 Å². The van der Waals surface area contributed by atoms with Crippen molar-refractivity contribution in [2.75, 3.05) is 17.2 Å². The molecule has 0 fully saturated rings. The summed E-state index contributed by atoms with van der Waals surface area (Å²) in [7, 11) is 0. The summed E-state index contributed by atoms with van der Waals surface area (Å²) in [6, 6.07) is 11.7. The number of carbonyl (C=O) groups excluding carboxylic acids is 1. The number of aliphatic imine (C=N–C) groups is 1. The molecule has 26 heavy (non-hydrogen) atoms. The molecule has 1 aliphatic rings. The van der Waals surface area contributed by atoms with Gasteiger partial charge in [-0.05, 0) is 67.1 Å². The number of hydrogen-bond acceptors (Lipinski definition) is 2. The van der Waals surface area contributed by atoms with Crippen LogP contribution in [-0.2, 0) is 17.6 Å². The van der Waals surface area contributed by atoms with Crippen molar-refractivity contribution < 1.29 is 4.79 Å². The van der Waals surface area contributed by atoms with Crippen LogP contribution < -0.4 is 16.4 Å². The van der Waals surface area contributed by atoms with Crippen molar-refractivity contribution in [2.24, 2.45) is 10.7 Å². The highest BCUT2D eigenvalue weighted by atomic mass is 35.5. The number of anilines is 2. The van der Waals surface area contributed by atoms with Gasteiger partial charge in [-0.1, -0.05) is 23.7 Å². The van der Waals surface area contributed by atoms with E-state index in [9.17, 15) is 4.79 Å². The number of halogens is 1. The molecule has 0 atom stereocenters. The Morgan fingerprint density at radius 3 is 2.85 bits per heavy atom. The minimum atomic E-state index is -0.121. The zero-order valence-electron chi connectivity index (χ0n) is 14.8. The predicted molar refractivity (Wildman–Crippen MR) is 108 cm³/mol. The summed E-state index contributed by atoms with van der Waals surface area (Å²) in [5.41, 5.74) is 11.2. The highest BCUT2D eigenvalue weighted by molar-refractivity contribution is 6.31. The minimum Gasteiger partial charge on any atom is -0.370 e. The lowest BCUT2D eigenvalue weighted by Crippen LogP contribution is -2.23. The number of benzene rings is 2. The van der Waals surface area contributed by atoms with Gasteiger partial charge in [0.2, 0.25) is 5.91 Å². The molecule has 4 N–H and O–H groups in total. The molecule has 1 aliphatic carbocycles. The van der Waals surface area contributed by atoms with Gasteiger partial charge in [-0.15, -0.1) is 0 Å². The number of hydrogen-bond donors (Lipinski definition) is 3. The van der Waals surface area contributed by atoms with Crippen molar-refractivity contribution in [3.05, 3.63) is 58.1 Å². The molecule has 0 spiro atoms. The number of fused-ring (bicyclic) bond motifs is 1. The number of nitrogens with two attached hydrogens (primary N) is 1. The van der Waals surface area contributed by atoms with E-state index in [1.807, 2.05) is 25.1 Å².